The van der Waals surface area contributed by atoms with Gasteiger partial charge in [-0.2, -0.15) is 0 Å². The van der Waals surface area contributed by atoms with E-state index in [-0.39, 0.29) is 23.6 Å². The lowest BCUT2D eigenvalue weighted by Gasteiger charge is -2.24. The molecule has 0 spiro atoms. The van der Waals surface area contributed by atoms with Gasteiger partial charge < -0.3 is 19.2 Å². The summed E-state index contributed by atoms with van der Waals surface area (Å²) in [7, 11) is 1.50. The molecule has 1 N–H and O–H groups in total. The first-order valence-electron chi connectivity index (χ1n) is 9.60. The zero-order valence-corrected chi connectivity index (χ0v) is 16.9. The quantitative estimate of drug-likeness (QED) is 0.206. The van der Waals surface area contributed by atoms with Gasteiger partial charge in [-0.05, 0) is 42.0 Å². The highest BCUT2D eigenvalue weighted by Crippen LogP contribution is 2.41. The van der Waals surface area contributed by atoms with Crippen LogP contribution >= 0.6 is 0 Å². The van der Waals surface area contributed by atoms with Crippen LogP contribution < -0.4 is 4.74 Å². The van der Waals surface area contributed by atoms with Crippen molar-refractivity contribution in [2.75, 3.05) is 7.11 Å². The lowest BCUT2D eigenvalue weighted by Crippen LogP contribution is -2.29. The molecule has 1 saturated heterocycles. The number of benzene rings is 2. The number of furan rings is 1. The summed E-state index contributed by atoms with van der Waals surface area (Å²) in [5.41, 5.74) is 0.264. The van der Waals surface area contributed by atoms with Crippen molar-refractivity contribution in [2.45, 2.75) is 12.6 Å². The summed E-state index contributed by atoms with van der Waals surface area (Å²) in [6, 6.07) is 14.2. The smallest absolute Gasteiger partial charge is 0.296 e. The molecule has 1 amide bonds. The molecule has 1 atom stereocenters. The van der Waals surface area contributed by atoms with E-state index in [0.717, 1.165) is 0 Å². The van der Waals surface area contributed by atoms with Crippen LogP contribution in [-0.4, -0.2) is 33.7 Å². The molecule has 0 saturated carbocycles. The molecule has 2 heterocycles. The molecule has 0 bridgehead atoms. The number of rotatable bonds is 6. The van der Waals surface area contributed by atoms with E-state index < -0.39 is 22.7 Å². The predicted molar refractivity (Wildman–Crippen MR) is 113 cm³/mol. The van der Waals surface area contributed by atoms with Gasteiger partial charge in [0, 0.05) is 17.7 Å². The molecule has 1 aliphatic heterocycles. The standard InChI is InChI=1S/C23H18N2O7/c1-31-17-9-7-14(8-10-17)21(26)19-20(15-4-2-5-16(12-15)25(29)30)24(23(28)22(19)27)13-18-6-3-11-32-18/h2-12,20,26H,13H2,1H3/t20-/m0/s1. The minimum absolute atomic E-state index is 0.0513. The summed E-state index contributed by atoms with van der Waals surface area (Å²) in [4.78, 5) is 37.9. The summed E-state index contributed by atoms with van der Waals surface area (Å²) in [5, 5.41) is 22.3. The number of Topliss-reactive ketones (excluding diaryl/α,β-unsaturated/α-hetero) is 1. The molecule has 32 heavy (non-hydrogen) atoms. The molecular weight excluding hydrogens is 416 g/mol. The third-order valence-electron chi connectivity index (χ3n) is 5.21. The molecule has 162 valence electrons. The van der Waals surface area contributed by atoms with Gasteiger partial charge in [0.15, 0.2) is 0 Å². The summed E-state index contributed by atoms with van der Waals surface area (Å²) in [5.74, 6) is -1.14. The van der Waals surface area contributed by atoms with Crippen molar-refractivity contribution in [1.29, 1.82) is 0 Å². The molecular formula is C23H18N2O7. The summed E-state index contributed by atoms with van der Waals surface area (Å²) < 4.78 is 10.4. The van der Waals surface area contributed by atoms with Gasteiger partial charge in [-0.25, -0.2) is 0 Å². The fraction of sp³-hybridized carbons (Fsp3) is 0.130. The van der Waals surface area contributed by atoms with Crippen LogP contribution in [0.5, 0.6) is 5.75 Å². The molecule has 2 aromatic carbocycles. The Hall–Kier alpha value is -4.40. The van der Waals surface area contributed by atoms with Crippen molar-refractivity contribution >= 4 is 23.1 Å². The normalized spacial score (nSPS) is 17.5. The molecule has 0 aliphatic carbocycles. The van der Waals surface area contributed by atoms with E-state index in [1.807, 2.05) is 0 Å². The minimum atomic E-state index is -1.04. The molecule has 9 nitrogen and oxygen atoms in total. The number of hydrogen-bond acceptors (Lipinski definition) is 7. The van der Waals surface area contributed by atoms with Crippen molar-refractivity contribution in [3.8, 4) is 5.75 Å². The van der Waals surface area contributed by atoms with Crippen LogP contribution in [0.3, 0.4) is 0 Å². The SMILES string of the molecule is COc1ccc(C(O)=C2C(=O)C(=O)N(Cc3ccco3)[C@H]2c2cccc([N+](=O)[O-])c2)cc1. The van der Waals surface area contributed by atoms with Crippen LogP contribution in [0.15, 0.2) is 76.9 Å². The van der Waals surface area contributed by atoms with Crippen LogP contribution in [0, 0.1) is 10.1 Å². The number of methoxy groups -OCH3 is 1. The Morgan fingerprint density at radius 1 is 1.16 bits per heavy atom. The Labute approximate surface area is 182 Å². The highest BCUT2D eigenvalue weighted by atomic mass is 16.6. The number of non-ortho nitro benzene ring substituents is 1. The summed E-state index contributed by atoms with van der Waals surface area (Å²) >= 11 is 0. The lowest BCUT2D eigenvalue weighted by atomic mass is 9.95. The first-order chi connectivity index (χ1) is 15.4. The van der Waals surface area contributed by atoms with E-state index in [4.69, 9.17) is 9.15 Å². The number of ether oxygens (including phenoxy) is 1. The number of amides is 1. The van der Waals surface area contributed by atoms with Gasteiger partial charge in [-0.3, -0.25) is 19.7 Å². The maximum Gasteiger partial charge on any atom is 0.296 e. The van der Waals surface area contributed by atoms with Gasteiger partial charge in [-0.15, -0.1) is 0 Å². The molecule has 1 fully saturated rings. The summed E-state index contributed by atoms with van der Waals surface area (Å²) in [6.45, 7) is -0.0513. The summed E-state index contributed by atoms with van der Waals surface area (Å²) in [6.07, 6.45) is 1.44. The van der Waals surface area contributed by atoms with E-state index in [0.29, 0.717) is 22.6 Å². The number of aliphatic hydroxyl groups excluding tert-OH is 1. The Morgan fingerprint density at radius 3 is 2.53 bits per heavy atom. The van der Waals surface area contributed by atoms with Crippen LogP contribution in [0.2, 0.25) is 0 Å². The van der Waals surface area contributed by atoms with Gasteiger partial charge in [0.1, 0.15) is 17.3 Å². The van der Waals surface area contributed by atoms with Crippen molar-refractivity contribution in [2.24, 2.45) is 0 Å². The third kappa shape index (κ3) is 3.71. The van der Waals surface area contributed by atoms with Crippen LogP contribution in [0.25, 0.3) is 5.76 Å². The van der Waals surface area contributed by atoms with E-state index in [9.17, 15) is 24.8 Å². The number of carbonyl (C=O) groups excluding carboxylic acids is 2. The molecule has 4 rings (SSSR count). The Morgan fingerprint density at radius 2 is 1.91 bits per heavy atom. The molecule has 1 aliphatic rings. The number of ketones is 1. The fourth-order valence-corrected chi connectivity index (χ4v) is 3.67. The average molecular weight is 434 g/mol. The van der Waals surface area contributed by atoms with Crippen molar-refractivity contribution in [3.63, 3.8) is 0 Å². The number of nitro groups is 1. The first-order valence-corrected chi connectivity index (χ1v) is 9.60. The van der Waals surface area contributed by atoms with Gasteiger partial charge in [-0.1, -0.05) is 12.1 Å². The number of nitro benzene ring substituents is 1. The Balaban J connectivity index is 1.87. The predicted octanol–water partition coefficient (Wildman–Crippen LogP) is 3.82. The van der Waals surface area contributed by atoms with Crippen LogP contribution in [-0.2, 0) is 16.1 Å². The number of nitrogens with zero attached hydrogens (tertiary/aromatic N) is 2. The second kappa shape index (κ2) is 8.38. The zero-order valence-electron chi connectivity index (χ0n) is 16.9. The fourth-order valence-electron chi connectivity index (χ4n) is 3.67. The number of hydrogen-bond donors (Lipinski definition) is 1. The Bertz CT molecular complexity index is 1210. The number of aliphatic hydroxyl groups is 1. The molecule has 1 aromatic heterocycles. The van der Waals surface area contributed by atoms with E-state index in [1.165, 1.54) is 36.5 Å². The number of likely N-dealkylation sites (tertiary alicyclic amines) is 1. The molecule has 0 unspecified atom stereocenters. The first kappa shape index (κ1) is 20.9. The Kier molecular flexibility index (Phi) is 5.46. The van der Waals surface area contributed by atoms with Crippen LogP contribution in [0.4, 0.5) is 5.69 Å². The second-order valence-electron chi connectivity index (χ2n) is 7.09. The minimum Gasteiger partial charge on any atom is -0.507 e. The zero-order chi connectivity index (χ0) is 22.8. The van der Waals surface area contributed by atoms with Crippen molar-refractivity contribution < 1.29 is 28.8 Å². The number of carbonyl (C=O) groups is 2. The molecule has 9 heteroatoms. The van der Waals surface area contributed by atoms with Gasteiger partial charge in [0.2, 0.25) is 0 Å². The van der Waals surface area contributed by atoms with E-state index in [1.54, 1.807) is 42.5 Å². The monoisotopic (exact) mass is 434 g/mol. The largest absolute Gasteiger partial charge is 0.507 e. The average Bonchev–Trinajstić information content (AvgIpc) is 3.41. The topological polar surface area (TPSA) is 123 Å². The van der Waals surface area contributed by atoms with Gasteiger partial charge >= 0.3 is 0 Å². The maximum atomic E-state index is 13.0. The molecule has 0 radical (unpaired) electrons. The highest BCUT2D eigenvalue weighted by molar-refractivity contribution is 6.46. The van der Waals surface area contributed by atoms with E-state index in [2.05, 4.69) is 0 Å². The molecule has 3 aromatic rings. The van der Waals surface area contributed by atoms with Crippen LogP contribution in [0.1, 0.15) is 22.9 Å². The lowest BCUT2D eigenvalue weighted by molar-refractivity contribution is -0.384. The van der Waals surface area contributed by atoms with E-state index >= 15 is 0 Å². The van der Waals surface area contributed by atoms with Crippen molar-refractivity contribution in [1.82, 2.24) is 4.90 Å². The van der Waals surface area contributed by atoms with Gasteiger partial charge in [0.05, 0.1) is 36.5 Å². The maximum absolute atomic E-state index is 13.0. The third-order valence-corrected chi connectivity index (χ3v) is 5.21. The van der Waals surface area contributed by atoms with Crippen molar-refractivity contribution in [3.05, 3.63) is 99.5 Å². The second-order valence-corrected chi connectivity index (χ2v) is 7.09. The van der Waals surface area contributed by atoms with Gasteiger partial charge in [0.25, 0.3) is 17.4 Å². The highest BCUT2D eigenvalue weighted by Gasteiger charge is 2.46.